The zero-order valence-electron chi connectivity index (χ0n) is 10.1. The van der Waals surface area contributed by atoms with Crippen LogP contribution < -0.4 is 10.1 Å². The van der Waals surface area contributed by atoms with Gasteiger partial charge in [-0.3, -0.25) is 4.68 Å². The molecule has 2 rings (SSSR count). The van der Waals surface area contributed by atoms with Gasteiger partial charge >= 0.3 is 0 Å². The van der Waals surface area contributed by atoms with E-state index in [9.17, 15) is 0 Å². The van der Waals surface area contributed by atoms with E-state index in [1.54, 1.807) is 6.20 Å². The monoisotopic (exact) mass is 232 g/mol. The SMILES string of the molecule is CCOc1cccc(NCc2ccnn2C)n1. The minimum absolute atomic E-state index is 0.623. The lowest BCUT2D eigenvalue weighted by molar-refractivity contribution is 0.327. The number of pyridine rings is 1. The molecule has 5 heteroatoms. The van der Waals surface area contributed by atoms with Gasteiger partial charge in [-0.05, 0) is 19.1 Å². The number of hydrogen-bond donors (Lipinski definition) is 1. The largest absolute Gasteiger partial charge is 0.478 e. The molecule has 1 N–H and O–H groups in total. The van der Waals surface area contributed by atoms with E-state index in [0.717, 1.165) is 11.5 Å². The second-order valence-corrected chi connectivity index (χ2v) is 3.59. The van der Waals surface area contributed by atoms with Crippen molar-refractivity contribution in [3.05, 3.63) is 36.2 Å². The van der Waals surface area contributed by atoms with E-state index in [1.165, 1.54) is 0 Å². The van der Waals surface area contributed by atoms with Crippen LogP contribution in [0.15, 0.2) is 30.5 Å². The maximum atomic E-state index is 5.34. The van der Waals surface area contributed by atoms with E-state index < -0.39 is 0 Å². The summed E-state index contributed by atoms with van der Waals surface area (Å²) in [6, 6.07) is 7.65. The quantitative estimate of drug-likeness (QED) is 0.854. The molecule has 0 fully saturated rings. The third-order valence-electron chi connectivity index (χ3n) is 2.39. The molecule has 0 saturated carbocycles. The lowest BCUT2D eigenvalue weighted by Gasteiger charge is -2.07. The maximum Gasteiger partial charge on any atom is 0.215 e. The summed E-state index contributed by atoms with van der Waals surface area (Å²) in [4.78, 5) is 4.33. The fourth-order valence-electron chi connectivity index (χ4n) is 1.50. The molecule has 2 aromatic heterocycles. The molecule has 0 aliphatic rings. The average Bonchev–Trinajstić information content (AvgIpc) is 2.73. The van der Waals surface area contributed by atoms with Crippen LogP contribution in [0.2, 0.25) is 0 Å². The molecule has 17 heavy (non-hydrogen) atoms. The van der Waals surface area contributed by atoms with E-state index in [1.807, 2.05) is 42.9 Å². The topological polar surface area (TPSA) is 52.0 Å². The molecule has 0 aliphatic heterocycles. The summed E-state index contributed by atoms with van der Waals surface area (Å²) in [6.45, 7) is 3.26. The van der Waals surface area contributed by atoms with Gasteiger partial charge in [0, 0.05) is 19.3 Å². The first-order valence-electron chi connectivity index (χ1n) is 5.60. The Morgan fingerprint density at radius 1 is 1.35 bits per heavy atom. The molecule has 5 nitrogen and oxygen atoms in total. The van der Waals surface area contributed by atoms with Crippen LogP contribution in [0.1, 0.15) is 12.6 Å². The molecule has 0 saturated heterocycles. The second kappa shape index (κ2) is 5.34. The molecule has 0 amide bonds. The van der Waals surface area contributed by atoms with E-state index in [-0.39, 0.29) is 0 Å². The molecule has 2 heterocycles. The minimum Gasteiger partial charge on any atom is -0.478 e. The van der Waals surface area contributed by atoms with E-state index in [0.29, 0.717) is 19.0 Å². The Hall–Kier alpha value is -2.04. The zero-order valence-corrected chi connectivity index (χ0v) is 10.1. The fourth-order valence-corrected chi connectivity index (χ4v) is 1.50. The second-order valence-electron chi connectivity index (χ2n) is 3.59. The number of aromatic nitrogens is 3. The summed E-state index contributed by atoms with van der Waals surface area (Å²) in [5.74, 6) is 1.44. The number of nitrogens with zero attached hydrogens (tertiary/aromatic N) is 3. The molecular weight excluding hydrogens is 216 g/mol. The predicted octanol–water partition coefficient (Wildman–Crippen LogP) is 1.83. The van der Waals surface area contributed by atoms with Crippen molar-refractivity contribution < 1.29 is 4.74 Å². The van der Waals surface area contributed by atoms with Crippen LogP contribution in [0, 0.1) is 0 Å². The molecule has 0 radical (unpaired) electrons. The third kappa shape index (κ3) is 2.96. The normalized spacial score (nSPS) is 10.2. The number of nitrogens with one attached hydrogen (secondary N) is 1. The number of hydrogen-bond acceptors (Lipinski definition) is 4. The molecule has 0 spiro atoms. The van der Waals surface area contributed by atoms with Crippen molar-refractivity contribution in [1.29, 1.82) is 0 Å². The summed E-state index contributed by atoms with van der Waals surface area (Å²) in [5, 5.41) is 7.34. The standard InChI is InChI=1S/C12H16N4O/c1-3-17-12-6-4-5-11(15-12)13-9-10-7-8-14-16(10)2/h4-8H,3,9H2,1-2H3,(H,13,15). The Labute approximate surface area is 100 Å². The molecule has 0 bridgehead atoms. The third-order valence-corrected chi connectivity index (χ3v) is 2.39. The Balaban J connectivity index is 1.99. The highest BCUT2D eigenvalue weighted by Crippen LogP contribution is 2.12. The van der Waals surface area contributed by atoms with Crippen LogP contribution >= 0.6 is 0 Å². The van der Waals surface area contributed by atoms with Gasteiger partial charge in [-0.2, -0.15) is 10.1 Å². The van der Waals surface area contributed by atoms with E-state index in [4.69, 9.17) is 4.74 Å². The van der Waals surface area contributed by atoms with Crippen LogP contribution in [0.5, 0.6) is 5.88 Å². The zero-order chi connectivity index (χ0) is 12.1. The Bertz CT molecular complexity index is 481. The van der Waals surface area contributed by atoms with Gasteiger partial charge in [0.1, 0.15) is 5.82 Å². The van der Waals surface area contributed by atoms with Crippen molar-refractivity contribution in [2.24, 2.45) is 7.05 Å². The first-order chi connectivity index (χ1) is 8.29. The maximum absolute atomic E-state index is 5.34. The number of rotatable bonds is 5. The Morgan fingerprint density at radius 2 is 2.24 bits per heavy atom. The van der Waals surface area contributed by atoms with Crippen molar-refractivity contribution in [3.8, 4) is 5.88 Å². The van der Waals surface area contributed by atoms with Crippen molar-refractivity contribution in [2.75, 3.05) is 11.9 Å². The highest BCUT2D eigenvalue weighted by atomic mass is 16.5. The molecule has 0 aromatic carbocycles. The van der Waals surface area contributed by atoms with Crippen molar-refractivity contribution in [2.45, 2.75) is 13.5 Å². The average molecular weight is 232 g/mol. The highest BCUT2D eigenvalue weighted by molar-refractivity contribution is 5.37. The minimum atomic E-state index is 0.623. The van der Waals surface area contributed by atoms with Crippen LogP contribution in [0.25, 0.3) is 0 Å². The fraction of sp³-hybridized carbons (Fsp3) is 0.333. The van der Waals surface area contributed by atoms with Crippen LogP contribution in [-0.4, -0.2) is 21.4 Å². The van der Waals surface area contributed by atoms with Crippen LogP contribution in [0.4, 0.5) is 5.82 Å². The lowest BCUT2D eigenvalue weighted by atomic mass is 10.4. The van der Waals surface area contributed by atoms with Gasteiger partial charge in [0.15, 0.2) is 0 Å². The van der Waals surface area contributed by atoms with Crippen molar-refractivity contribution in [3.63, 3.8) is 0 Å². The van der Waals surface area contributed by atoms with Gasteiger partial charge in [0.05, 0.1) is 18.8 Å². The van der Waals surface area contributed by atoms with E-state index in [2.05, 4.69) is 15.4 Å². The summed E-state index contributed by atoms with van der Waals surface area (Å²) < 4.78 is 7.17. The first kappa shape index (κ1) is 11.4. The van der Waals surface area contributed by atoms with Gasteiger partial charge in [-0.25, -0.2) is 0 Å². The number of anilines is 1. The van der Waals surface area contributed by atoms with Gasteiger partial charge in [0.2, 0.25) is 5.88 Å². The van der Waals surface area contributed by atoms with Gasteiger partial charge in [-0.1, -0.05) is 6.07 Å². The molecule has 0 aliphatic carbocycles. The first-order valence-corrected chi connectivity index (χ1v) is 5.60. The number of ether oxygens (including phenoxy) is 1. The lowest BCUT2D eigenvalue weighted by Crippen LogP contribution is -2.06. The molecular formula is C12H16N4O. The van der Waals surface area contributed by atoms with Crippen molar-refractivity contribution in [1.82, 2.24) is 14.8 Å². The van der Waals surface area contributed by atoms with Gasteiger partial charge in [-0.15, -0.1) is 0 Å². The van der Waals surface area contributed by atoms with Gasteiger partial charge in [0.25, 0.3) is 0 Å². The number of aryl methyl sites for hydroxylation is 1. The Morgan fingerprint density at radius 3 is 2.94 bits per heavy atom. The van der Waals surface area contributed by atoms with Crippen LogP contribution in [0.3, 0.4) is 0 Å². The summed E-state index contributed by atoms with van der Waals surface area (Å²) >= 11 is 0. The molecule has 90 valence electrons. The summed E-state index contributed by atoms with van der Waals surface area (Å²) in [7, 11) is 1.92. The summed E-state index contributed by atoms with van der Waals surface area (Å²) in [5.41, 5.74) is 1.11. The van der Waals surface area contributed by atoms with Gasteiger partial charge < -0.3 is 10.1 Å². The highest BCUT2D eigenvalue weighted by Gasteiger charge is 2.00. The molecule has 2 aromatic rings. The van der Waals surface area contributed by atoms with Crippen molar-refractivity contribution >= 4 is 5.82 Å². The molecule has 0 atom stereocenters. The van der Waals surface area contributed by atoms with Crippen LogP contribution in [-0.2, 0) is 13.6 Å². The predicted molar refractivity (Wildman–Crippen MR) is 65.9 cm³/mol. The smallest absolute Gasteiger partial charge is 0.215 e. The summed E-state index contributed by atoms with van der Waals surface area (Å²) in [6.07, 6.45) is 1.78. The molecule has 0 unspecified atom stereocenters. The Kier molecular flexibility index (Phi) is 3.59. The van der Waals surface area contributed by atoms with E-state index >= 15 is 0 Å².